The zero-order valence-electron chi connectivity index (χ0n) is 11.1. The summed E-state index contributed by atoms with van der Waals surface area (Å²) in [5, 5.41) is 12.9. The first-order valence-electron chi connectivity index (χ1n) is 6.33. The Hall–Kier alpha value is -1.51. The van der Waals surface area contributed by atoms with Crippen molar-refractivity contribution in [1.82, 2.24) is 10.3 Å². The summed E-state index contributed by atoms with van der Waals surface area (Å²) in [6.07, 6.45) is 0.776. The topological polar surface area (TPSA) is 61.9 Å². The van der Waals surface area contributed by atoms with Gasteiger partial charge in [-0.05, 0) is 32.4 Å². The lowest BCUT2D eigenvalue weighted by atomic mass is 10.2. The first-order valence-corrected chi connectivity index (χ1v) is 7.31. The lowest BCUT2D eigenvalue weighted by Crippen LogP contribution is -2.33. The second-order valence-corrected chi connectivity index (χ2v) is 5.63. The maximum Gasteiger partial charge on any atom is 0.256 e. The van der Waals surface area contributed by atoms with E-state index < -0.39 is 0 Å². The summed E-state index contributed by atoms with van der Waals surface area (Å²) in [6, 6.07) is 10.2. The number of aromatic nitrogens is 1. The quantitative estimate of drug-likeness (QED) is 0.820. The molecule has 0 bridgehead atoms. The highest BCUT2D eigenvalue weighted by Crippen LogP contribution is 2.23. The number of para-hydroxylation sites is 2. The maximum absolute atomic E-state index is 9.03. The van der Waals surface area contributed by atoms with Gasteiger partial charge in [-0.2, -0.15) is 5.26 Å². The molecule has 0 aliphatic carbocycles. The van der Waals surface area contributed by atoms with E-state index in [9.17, 15) is 0 Å². The Morgan fingerprint density at radius 3 is 2.89 bits per heavy atom. The molecule has 1 aromatic heterocycles. The second-order valence-electron chi connectivity index (χ2n) is 4.59. The largest absolute Gasteiger partial charge is 0.431 e. The average molecular weight is 275 g/mol. The first kappa shape index (κ1) is 13.9. The predicted molar refractivity (Wildman–Crippen MR) is 77.0 cm³/mol. The monoisotopic (exact) mass is 275 g/mol. The van der Waals surface area contributed by atoms with Gasteiger partial charge in [0.15, 0.2) is 5.58 Å². The normalized spacial score (nSPS) is 12.7. The summed E-state index contributed by atoms with van der Waals surface area (Å²) in [4.78, 5) is 4.39. The third kappa shape index (κ3) is 3.98. The van der Waals surface area contributed by atoms with Crippen LogP contribution in [0, 0.1) is 11.3 Å². The van der Waals surface area contributed by atoms with E-state index in [2.05, 4.69) is 16.4 Å². The summed E-state index contributed by atoms with van der Waals surface area (Å²) in [6.45, 7) is 4.08. The molecule has 1 aromatic carbocycles. The van der Waals surface area contributed by atoms with Gasteiger partial charge < -0.3 is 4.42 Å². The standard InChI is InChI=1S/C14H17N3OS/c1-10(2)16-11(9-15)7-8-19-14-17-12-5-3-4-6-13(12)18-14/h3-6,10-11,16H,7-8H2,1-2H3. The fourth-order valence-electron chi connectivity index (χ4n) is 1.76. The molecule has 0 saturated carbocycles. The third-order valence-corrected chi connectivity index (χ3v) is 3.46. The molecule has 1 N–H and O–H groups in total. The summed E-state index contributed by atoms with van der Waals surface area (Å²) in [5.41, 5.74) is 1.68. The molecule has 1 unspecified atom stereocenters. The molecule has 100 valence electrons. The molecule has 0 saturated heterocycles. The van der Waals surface area contributed by atoms with Crippen LogP contribution in [0.15, 0.2) is 33.9 Å². The van der Waals surface area contributed by atoms with Crippen molar-refractivity contribution >= 4 is 22.9 Å². The maximum atomic E-state index is 9.03. The Kier molecular flexibility index (Phi) is 4.83. The molecule has 1 heterocycles. The lowest BCUT2D eigenvalue weighted by molar-refractivity contribution is 0.487. The molecule has 5 heteroatoms. The highest BCUT2D eigenvalue weighted by atomic mass is 32.2. The summed E-state index contributed by atoms with van der Waals surface area (Å²) < 4.78 is 5.61. The Morgan fingerprint density at radius 1 is 1.42 bits per heavy atom. The van der Waals surface area contributed by atoms with Crippen LogP contribution in [0.25, 0.3) is 11.1 Å². The van der Waals surface area contributed by atoms with E-state index >= 15 is 0 Å². The van der Waals surface area contributed by atoms with Gasteiger partial charge in [0.25, 0.3) is 5.22 Å². The van der Waals surface area contributed by atoms with Crippen molar-refractivity contribution in [2.24, 2.45) is 0 Å². The SMILES string of the molecule is CC(C)NC(C#N)CCSc1nc2ccccc2o1. The number of thioether (sulfide) groups is 1. The Bertz CT molecular complexity index is 540. The summed E-state index contributed by atoms with van der Waals surface area (Å²) in [7, 11) is 0. The number of fused-ring (bicyclic) bond motifs is 1. The molecule has 2 aromatic rings. The number of hydrogen-bond donors (Lipinski definition) is 1. The first-order chi connectivity index (χ1) is 9.19. The van der Waals surface area contributed by atoms with Gasteiger partial charge in [0.2, 0.25) is 0 Å². The highest BCUT2D eigenvalue weighted by Gasteiger charge is 2.10. The molecule has 1 atom stereocenters. The van der Waals surface area contributed by atoms with Crippen LogP contribution in [0.2, 0.25) is 0 Å². The van der Waals surface area contributed by atoms with Gasteiger partial charge in [0.05, 0.1) is 12.1 Å². The molecule has 0 spiro atoms. The van der Waals surface area contributed by atoms with Crippen molar-refractivity contribution in [2.75, 3.05) is 5.75 Å². The van der Waals surface area contributed by atoms with Crippen molar-refractivity contribution in [3.05, 3.63) is 24.3 Å². The number of rotatable bonds is 6. The van der Waals surface area contributed by atoms with Crippen molar-refractivity contribution in [2.45, 2.75) is 37.6 Å². The highest BCUT2D eigenvalue weighted by molar-refractivity contribution is 7.99. The number of hydrogen-bond acceptors (Lipinski definition) is 5. The Labute approximate surface area is 117 Å². The Balaban J connectivity index is 1.87. The van der Waals surface area contributed by atoms with Crippen molar-refractivity contribution in [3.8, 4) is 6.07 Å². The predicted octanol–water partition coefficient (Wildman–Crippen LogP) is 3.20. The van der Waals surface area contributed by atoms with Gasteiger partial charge in [-0.3, -0.25) is 5.32 Å². The van der Waals surface area contributed by atoms with Crippen molar-refractivity contribution < 1.29 is 4.42 Å². The van der Waals surface area contributed by atoms with Crippen LogP contribution < -0.4 is 5.32 Å². The number of nitrogens with zero attached hydrogens (tertiary/aromatic N) is 2. The van der Waals surface area contributed by atoms with Gasteiger partial charge in [-0.1, -0.05) is 23.9 Å². The zero-order valence-corrected chi connectivity index (χ0v) is 11.9. The molecular weight excluding hydrogens is 258 g/mol. The molecule has 0 fully saturated rings. The van der Waals surface area contributed by atoms with E-state index in [1.807, 2.05) is 38.1 Å². The van der Waals surface area contributed by atoms with Gasteiger partial charge in [0, 0.05) is 11.8 Å². The van der Waals surface area contributed by atoms with Gasteiger partial charge in [-0.15, -0.1) is 0 Å². The number of benzene rings is 1. The van der Waals surface area contributed by atoms with E-state index in [1.165, 1.54) is 0 Å². The van der Waals surface area contributed by atoms with Crippen molar-refractivity contribution in [3.63, 3.8) is 0 Å². The zero-order chi connectivity index (χ0) is 13.7. The smallest absolute Gasteiger partial charge is 0.256 e. The molecule has 0 radical (unpaired) electrons. The number of nitrogens with one attached hydrogen (secondary N) is 1. The molecule has 19 heavy (non-hydrogen) atoms. The number of nitriles is 1. The molecule has 0 amide bonds. The minimum absolute atomic E-state index is 0.114. The average Bonchev–Trinajstić information content (AvgIpc) is 2.79. The van der Waals surface area contributed by atoms with Crippen LogP contribution in [-0.4, -0.2) is 22.8 Å². The fourth-order valence-corrected chi connectivity index (χ4v) is 2.60. The van der Waals surface area contributed by atoms with E-state index in [0.717, 1.165) is 23.3 Å². The summed E-state index contributed by atoms with van der Waals surface area (Å²) >= 11 is 1.55. The van der Waals surface area contributed by atoms with Crippen LogP contribution in [0.1, 0.15) is 20.3 Å². The van der Waals surface area contributed by atoms with Gasteiger partial charge in [0.1, 0.15) is 5.52 Å². The van der Waals surface area contributed by atoms with Crippen molar-refractivity contribution in [1.29, 1.82) is 5.26 Å². The van der Waals surface area contributed by atoms with Crippen LogP contribution in [0.5, 0.6) is 0 Å². The molecule has 4 nitrogen and oxygen atoms in total. The van der Waals surface area contributed by atoms with Crippen LogP contribution in [-0.2, 0) is 0 Å². The fraction of sp³-hybridized carbons (Fsp3) is 0.429. The van der Waals surface area contributed by atoms with E-state index in [-0.39, 0.29) is 6.04 Å². The third-order valence-electron chi connectivity index (χ3n) is 2.60. The molecule has 0 aliphatic heterocycles. The van der Waals surface area contributed by atoms with Crippen LogP contribution in [0.3, 0.4) is 0 Å². The second kappa shape index (κ2) is 6.60. The van der Waals surface area contributed by atoms with E-state index in [4.69, 9.17) is 9.68 Å². The van der Waals surface area contributed by atoms with E-state index in [1.54, 1.807) is 11.8 Å². The molecule has 2 rings (SSSR count). The minimum atomic E-state index is -0.114. The van der Waals surface area contributed by atoms with Gasteiger partial charge in [-0.25, -0.2) is 4.98 Å². The molecule has 0 aliphatic rings. The Morgan fingerprint density at radius 2 is 2.21 bits per heavy atom. The molecular formula is C14H17N3OS. The summed E-state index contributed by atoms with van der Waals surface area (Å²) in [5.74, 6) is 0.810. The van der Waals surface area contributed by atoms with Crippen LogP contribution >= 0.6 is 11.8 Å². The number of oxazole rings is 1. The lowest BCUT2D eigenvalue weighted by Gasteiger charge is -2.13. The minimum Gasteiger partial charge on any atom is -0.431 e. The van der Waals surface area contributed by atoms with Gasteiger partial charge >= 0.3 is 0 Å². The van der Waals surface area contributed by atoms with E-state index in [0.29, 0.717) is 11.3 Å². The van der Waals surface area contributed by atoms with Crippen LogP contribution in [0.4, 0.5) is 0 Å².